The molecule has 1 fully saturated rings. The van der Waals surface area contributed by atoms with Crippen LogP contribution in [0.3, 0.4) is 0 Å². The predicted molar refractivity (Wildman–Crippen MR) is 66.8 cm³/mol. The number of benzene rings is 1. The Hall–Kier alpha value is -1.88. The molecule has 1 aromatic carbocycles. The van der Waals surface area contributed by atoms with Gasteiger partial charge in [-0.05, 0) is 38.1 Å². The fraction of sp³-hybridized carbons (Fsp3) is 0.385. The van der Waals surface area contributed by atoms with Gasteiger partial charge in [0.1, 0.15) is 0 Å². The fourth-order valence-corrected chi connectivity index (χ4v) is 2.10. The molecule has 0 aromatic heterocycles. The second-order valence-corrected chi connectivity index (χ2v) is 4.35. The lowest BCUT2D eigenvalue weighted by Crippen LogP contribution is -2.43. The molecule has 1 saturated heterocycles. The van der Waals surface area contributed by atoms with Crippen LogP contribution in [0.15, 0.2) is 24.3 Å². The van der Waals surface area contributed by atoms with E-state index < -0.39 is 5.97 Å². The third-order valence-electron chi connectivity index (χ3n) is 3.08. The summed E-state index contributed by atoms with van der Waals surface area (Å²) in [5.41, 5.74) is 0.271. The van der Waals surface area contributed by atoms with Crippen LogP contribution in [0.5, 0.6) is 0 Å². The molecule has 0 atom stereocenters. The number of hydrogen-bond acceptors (Lipinski definition) is 3. The molecule has 2 rings (SSSR count). The van der Waals surface area contributed by atoms with E-state index >= 15 is 0 Å². The highest BCUT2D eigenvalue weighted by Gasteiger charge is 2.20. The van der Waals surface area contributed by atoms with Gasteiger partial charge in [-0.1, -0.05) is 12.1 Å². The highest BCUT2D eigenvalue weighted by molar-refractivity contribution is 6.04. The molecule has 0 bridgehead atoms. The monoisotopic (exact) mass is 248 g/mol. The van der Waals surface area contributed by atoms with Crippen molar-refractivity contribution in [3.8, 4) is 0 Å². The van der Waals surface area contributed by atoms with Crippen molar-refractivity contribution < 1.29 is 14.7 Å². The average molecular weight is 248 g/mol. The second kappa shape index (κ2) is 5.64. The second-order valence-electron chi connectivity index (χ2n) is 4.35. The zero-order valence-electron chi connectivity index (χ0n) is 9.98. The van der Waals surface area contributed by atoms with Crippen LogP contribution in [0.4, 0.5) is 0 Å². The first-order valence-electron chi connectivity index (χ1n) is 6.02. The molecule has 1 aliphatic rings. The number of amides is 1. The minimum Gasteiger partial charge on any atom is -0.478 e. The molecular formula is C13H16N2O3. The van der Waals surface area contributed by atoms with E-state index in [0.29, 0.717) is 0 Å². The smallest absolute Gasteiger partial charge is 0.336 e. The first-order valence-corrected chi connectivity index (χ1v) is 6.02. The maximum Gasteiger partial charge on any atom is 0.336 e. The summed E-state index contributed by atoms with van der Waals surface area (Å²) in [4.78, 5) is 23.1. The van der Waals surface area contributed by atoms with Gasteiger partial charge in [-0.2, -0.15) is 0 Å². The third-order valence-corrected chi connectivity index (χ3v) is 3.08. The molecule has 96 valence electrons. The van der Waals surface area contributed by atoms with Crippen molar-refractivity contribution >= 4 is 11.9 Å². The molecule has 1 heterocycles. The van der Waals surface area contributed by atoms with Gasteiger partial charge in [0.25, 0.3) is 5.91 Å². The molecule has 0 saturated carbocycles. The molecular weight excluding hydrogens is 232 g/mol. The molecule has 0 aliphatic carbocycles. The van der Waals surface area contributed by atoms with E-state index in [1.807, 2.05) is 0 Å². The minimum atomic E-state index is -1.08. The zero-order chi connectivity index (χ0) is 13.0. The summed E-state index contributed by atoms with van der Waals surface area (Å²) >= 11 is 0. The van der Waals surface area contributed by atoms with Gasteiger partial charge < -0.3 is 15.7 Å². The van der Waals surface area contributed by atoms with Crippen LogP contribution >= 0.6 is 0 Å². The van der Waals surface area contributed by atoms with Gasteiger partial charge in [-0.3, -0.25) is 4.79 Å². The number of nitrogens with one attached hydrogen (secondary N) is 2. The van der Waals surface area contributed by atoms with Crippen molar-refractivity contribution in [2.75, 3.05) is 13.1 Å². The summed E-state index contributed by atoms with van der Waals surface area (Å²) in [6.07, 6.45) is 1.75. The Kier molecular flexibility index (Phi) is 3.94. The van der Waals surface area contributed by atoms with E-state index in [2.05, 4.69) is 10.6 Å². The van der Waals surface area contributed by atoms with Crippen LogP contribution < -0.4 is 10.6 Å². The molecule has 0 unspecified atom stereocenters. The Balaban J connectivity index is 2.10. The van der Waals surface area contributed by atoms with E-state index in [1.54, 1.807) is 18.2 Å². The normalized spacial score (nSPS) is 16.2. The summed E-state index contributed by atoms with van der Waals surface area (Å²) in [5.74, 6) is -1.38. The first kappa shape index (κ1) is 12.6. The van der Waals surface area contributed by atoms with Crippen LogP contribution in [0, 0.1) is 0 Å². The van der Waals surface area contributed by atoms with Crippen LogP contribution in [0.2, 0.25) is 0 Å². The van der Waals surface area contributed by atoms with E-state index in [0.717, 1.165) is 25.9 Å². The van der Waals surface area contributed by atoms with Crippen molar-refractivity contribution in [1.82, 2.24) is 10.6 Å². The Morgan fingerprint density at radius 2 is 1.78 bits per heavy atom. The van der Waals surface area contributed by atoms with E-state index in [4.69, 9.17) is 5.11 Å². The summed E-state index contributed by atoms with van der Waals surface area (Å²) in [5, 5.41) is 15.1. The maximum atomic E-state index is 12.0. The van der Waals surface area contributed by atoms with Gasteiger partial charge >= 0.3 is 5.97 Å². The number of aromatic carboxylic acids is 1. The van der Waals surface area contributed by atoms with Crippen molar-refractivity contribution in [1.29, 1.82) is 0 Å². The van der Waals surface area contributed by atoms with Gasteiger partial charge in [0.2, 0.25) is 0 Å². The van der Waals surface area contributed by atoms with Crippen molar-refractivity contribution in [3.63, 3.8) is 0 Å². The highest BCUT2D eigenvalue weighted by atomic mass is 16.4. The predicted octanol–water partition coefficient (Wildman–Crippen LogP) is 0.867. The number of rotatable bonds is 3. The standard InChI is InChI=1S/C13H16N2O3/c16-12(15-9-5-7-14-8-6-9)10-3-1-2-4-11(10)13(17)18/h1-4,9,14H,5-8H2,(H,15,16)(H,17,18). The minimum absolute atomic E-state index is 0.0453. The van der Waals surface area contributed by atoms with Crippen molar-refractivity contribution in [2.45, 2.75) is 18.9 Å². The van der Waals surface area contributed by atoms with E-state index in [-0.39, 0.29) is 23.1 Å². The Morgan fingerprint density at radius 3 is 2.39 bits per heavy atom. The van der Waals surface area contributed by atoms with Crippen LogP contribution in [-0.2, 0) is 0 Å². The SMILES string of the molecule is O=C(O)c1ccccc1C(=O)NC1CCNCC1. The summed E-state index contributed by atoms with van der Waals surface area (Å²) in [6, 6.07) is 6.40. The number of hydrogen-bond donors (Lipinski definition) is 3. The number of piperidine rings is 1. The molecule has 0 radical (unpaired) electrons. The topological polar surface area (TPSA) is 78.4 Å². The van der Waals surface area contributed by atoms with Crippen LogP contribution in [-0.4, -0.2) is 36.1 Å². The summed E-state index contributed by atoms with van der Waals surface area (Å²) in [6.45, 7) is 1.76. The van der Waals surface area contributed by atoms with Gasteiger partial charge in [0.15, 0.2) is 0 Å². The number of carboxylic acid groups (broad SMARTS) is 1. The van der Waals surface area contributed by atoms with Crippen LogP contribution in [0.25, 0.3) is 0 Å². The van der Waals surface area contributed by atoms with Crippen molar-refractivity contribution in [2.24, 2.45) is 0 Å². The van der Waals surface area contributed by atoms with Gasteiger partial charge in [-0.25, -0.2) is 4.79 Å². The van der Waals surface area contributed by atoms with E-state index in [9.17, 15) is 9.59 Å². The molecule has 5 nitrogen and oxygen atoms in total. The first-order chi connectivity index (χ1) is 8.68. The number of carbonyl (C=O) groups is 2. The van der Waals surface area contributed by atoms with Gasteiger partial charge in [-0.15, -0.1) is 0 Å². The maximum absolute atomic E-state index is 12.0. The van der Waals surface area contributed by atoms with Gasteiger partial charge in [0.05, 0.1) is 11.1 Å². The fourth-order valence-electron chi connectivity index (χ4n) is 2.10. The molecule has 3 N–H and O–H groups in total. The molecule has 0 spiro atoms. The lowest BCUT2D eigenvalue weighted by Gasteiger charge is -2.23. The lowest BCUT2D eigenvalue weighted by molar-refractivity contribution is 0.0690. The number of carbonyl (C=O) groups excluding carboxylic acids is 1. The highest BCUT2D eigenvalue weighted by Crippen LogP contribution is 2.10. The molecule has 5 heteroatoms. The van der Waals surface area contributed by atoms with Gasteiger partial charge in [0, 0.05) is 6.04 Å². The third kappa shape index (κ3) is 2.87. The molecule has 1 aliphatic heterocycles. The zero-order valence-corrected chi connectivity index (χ0v) is 9.98. The Morgan fingerprint density at radius 1 is 1.17 bits per heavy atom. The van der Waals surface area contributed by atoms with Crippen molar-refractivity contribution in [3.05, 3.63) is 35.4 Å². The largest absolute Gasteiger partial charge is 0.478 e. The molecule has 1 amide bonds. The molecule has 1 aromatic rings. The summed E-state index contributed by atoms with van der Waals surface area (Å²) < 4.78 is 0. The Labute approximate surface area is 105 Å². The summed E-state index contributed by atoms with van der Waals surface area (Å²) in [7, 11) is 0. The van der Waals surface area contributed by atoms with Crippen LogP contribution in [0.1, 0.15) is 33.6 Å². The Bertz CT molecular complexity index is 453. The lowest BCUT2D eigenvalue weighted by atomic mass is 10.0. The molecule has 18 heavy (non-hydrogen) atoms. The van der Waals surface area contributed by atoms with E-state index in [1.165, 1.54) is 6.07 Å². The quantitative estimate of drug-likeness (QED) is 0.741. The average Bonchev–Trinajstić information content (AvgIpc) is 2.40. The number of carboxylic acids is 1.